The van der Waals surface area contributed by atoms with Crippen LogP contribution in [-0.4, -0.2) is 14.5 Å². The number of thiophene rings is 1. The molecule has 4 nitrogen and oxygen atoms in total. The molecule has 0 aliphatic carbocycles. The molecule has 3 aromatic heterocycles. The Labute approximate surface area is 117 Å². The van der Waals surface area contributed by atoms with Gasteiger partial charge in [0.15, 0.2) is 5.82 Å². The van der Waals surface area contributed by atoms with Crippen molar-refractivity contribution in [1.29, 1.82) is 0 Å². The maximum atomic E-state index is 4.37. The van der Waals surface area contributed by atoms with E-state index in [-0.39, 0.29) is 0 Å². The average molecular weight is 323 g/mol. The maximum absolute atomic E-state index is 4.37. The number of anilines is 1. The van der Waals surface area contributed by atoms with E-state index in [4.69, 9.17) is 0 Å². The van der Waals surface area contributed by atoms with Crippen LogP contribution in [0.4, 0.5) is 5.82 Å². The van der Waals surface area contributed by atoms with Gasteiger partial charge >= 0.3 is 0 Å². The first kappa shape index (κ1) is 11.7. The standard InChI is InChI=1S/C12H11BrN4S/c1-17-7-16-11-9(17)2-4-14-12(11)15-6-10-8(13)3-5-18-10/h2-5,7H,6H2,1H3,(H,14,15). The van der Waals surface area contributed by atoms with Gasteiger partial charge in [-0.05, 0) is 33.4 Å². The third-order valence-electron chi connectivity index (χ3n) is 2.75. The molecular formula is C12H11BrN4S. The van der Waals surface area contributed by atoms with Crippen LogP contribution in [0.3, 0.4) is 0 Å². The Bertz CT molecular complexity index is 688. The minimum absolute atomic E-state index is 0.751. The monoisotopic (exact) mass is 322 g/mol. The summed E-state index contributed by atoms with van der Waals surface area (Å²) in [5, 5.41) is 5.40. The molecule has 0 unspecified atom stereocenters. The number of nitrogens with zero attached hydrogens (tertiary/aromatic N) is 3. The average Bonchev–Trinajstić information content (AvgIpc) is 2.95. The molecular weight excluding hydrogens is 312 g/mol. The highest BCUT2D eigenvalue weighted by atomic mass is 79.9. The Morgan fingerprint density at radius 1 is 1.39 bits per heavy atom. The molecule has 18 heavy (non-hydrogen) atoms. The normalized spacial score (nSPS) is 11.0. The summed E-state index contributed by atoms with van der Waals surface area (Å²) in [6, 6.07) is 4.02. The first-order valence-corrected chi connectivity index (χ1v) is 7.15. The lowest BCUT2D eigenvalue weighted by molar-refractivity contribution is 0.947. The van der Waals surface area contributed by atoms with Crippen molar-refractivity contribution in [3.05, 3.63) is 39.4 Å². The van der Waals surface area contributed by atoms with E-state index >= 15 is 0 Å². The van der Waals surface area contributed by atoms with Crippen molar-refractivity contribution in [3.63, 3.8) is 0 Å². The van der Waals surface area contributed by atoms with E-state index in [1.165, 1.54) is 4.88 Å². The number of halogens is 1. The van der Waals surface area contributed by atoms with Gasteiger partial charge in [-0.1, -0.05) is 0 Å². The molecule has 0 aliphatic heterocycles. The van der Waals surface area contributed by atoms with Gasteiger partial charge in [-0.3, -0.25) is 0 Å². The lowest BCUT2D eigenvalue weighted by Crippen LogP contribution is -2.01. The molecule has 0 bridgehead atoms. The van der Waals surface area contributed by atoms with Gasteiger partial charge in [0, 0.05) is 22.6 Å². The fraction of sp³-hybridized carbons (Fsp3) is 0.167. The number of rotatable bonds is 3. The molecule has 0 saturated carbocycles. The van der Waals surface area contributed by atoms with E-state index in [1.54, 1.807) is 23.9 Å². The molecule has 0 amide bonds. The zero-order chi connectivity index (χ0) is 12.5. The molecule has 3 aromatic rings. The van der Waals surface area contributed by atoms with Crippen LogP contribution >= 0.6 is 27.3 Å². The Hall–Kier alpha value is -1.40. The van der Waals surface area contributed by atoms with E-state index in [9.17, 15) is 0 Å². The molecule has 6 heteroatoms. The van der Waals surface area contributed by atoms with Crippen LogP contribution < -0.4 is 5.32 Å². The Balaban J connectivity index is 1.89. The van der Waals surface area contributed by atoms with Gasteiger partial charge in [-0.2, -0.15) is 0 Å². The molecule has 92 valence electrons. The summed E-state index contributed by atoms with van der Waals surface area (Å²) in [5.74, 6) is 0.827. The molecule has 0 radical (unpaired) electrons. The number of fused-ring (bicyclic) bond motifs is 1. The molecule has 0 atom stereocenters. The summed E-state index contributed by atoms with van der Waals surface area (Å²) in [4.78, 5) is 9.98. The molecule has 0 fully saturated rings. The van der Waals surface area contributed by atoms with Gasteiger partial charge in [0.05, 0.1) is 18.4 Å². The quantitative estimate of drug-likeness (QED) is 0.803. The number of pyridine rings is 1. The predicted molar refractivity (Wildman–Crippen MR) is 77.9 cm³/mol. The molecule has 0 aromatic carbocycles. The fourth-order valence-electron chi connectivity index (χ4n) is 1.81. The van der Waals surface area contributed by atoms with Crippen molar-refractivity contribution < 1.29 is 0 Å². The molecule has 0 aliphatic rings. The van der Waals surface area contributed by atoms with Crippen LogP contribution in [0.1, 0.15) is 4.88 Å². The number of aromatic nitrogens is 3. The van der Waals surface area contributed by atoms with Gasteiger partial charge in [-0.15, -0.1) is 11.3 Å². The van der Waals surface area contributed by atoms with Crippen molar-refractivity contribution in [2.75, 3.05) is 5.32 Å². The van der Waals surface area contributed by atoms with E-state index in [1.807, 2.05) is 17.7 Å². The van der Waals surface area contributed by atoms with E-state index in [0.717, 1.165) is 27.9 Å². The van der Waals surface area contributed by atoms with E-state index in [2.05, 4.69) is 42.7 Å². The second kappa shape index (κ2) is 4.70. The third kappa shape index (κ3) is 2.02. The first-order chi connectivity index (χ1) is 8.75. The first-order valence-electron chi connectivity index (χ1n) is 5.47. The van der Waals surface area contributed by atoms with Crippen molar-refractivity contribution >= 4 is 44.1 Å². The van der Waals surface area contributed by atoms with Crippen LogP contribution in [0.5, 0.6) is 0 Å². The van der Waals surface area contributed by atoms with Crippen LogP contribution in [0, 0.1) is 0 Å². The van der Waals surface area contributed by atoms with E-state index < -0.39 is 0 Å². The van der Waals surface area contributed by atoms with Crippen molar-refractivity contribution in [2.45, 2.75) is 6.54 Å². The summed E-state index contributed by atoms with van der Waals surface area (Å²) in [6.07, 6.45) is 3.61. The van der Waals surface area contributed by atoms with Crippen LogP contribution in [0.15, 0.2) is 34.5 Å². The van der Waals surface area contributed by atoms with Crippen LogP contribution in [0.25, 0.3) is 11.0 Å². The highest BCUT2D eigenvalue weighted by Gasteiger charge is 2.07. The van der Waals surface area contributed by atoms with Crippen molar-refractivity contribution in [1.82, 2.24) is 14.5 Å². The minimum Gasteiger partial charge on any atom is -0.363 e. The minimum atomic E-state index is 0.751. The number of imidazole rings is 1. The summed E-state index contributed by atoms with van der Waals surface area (Å²) >= 11 is 5.24. The maximum Gasteiger partial charge on any atom is 0.154 e. The topological polar surface area (TPSA) is 42.7 Å². The second-order valence-corrected chi connectivity index (χ2v) is 5.78. The van der Waals surface area contributed by atoms with Gasteiger partial charge in [0.2, 0.25) is 0 Å². The smallest absolute Gasteiger partial charge is 0.154 e. The Morgan fingerprint density at radius 2 is 2.28 bits per heavy atom. The zero-order valence-corrected chi connectivity index (χ0v) is 12.1. The molecule has 1 N–H and O–H groups in total. The van der Waals surface area contributed by atoms with Crippen molar-refractivity contribution in [3.8, 4) is 0 Å². The lowest BCUT2D eigenvalue weighted by atomic mass is 10.3. The van der Waals surface area contributed by atoms with Crippen LogP contribution in [0.2, 0.25) is 0 Å². The van der Waals surface area contributed by atoms with E-state index in [0.29, 0.717) is 0 Å². The van der Waals surface area contributed by atoms with Gasteiger partial charge in [0.1, 0.15) is 5.52 Å². The lowest BCUT2D eigenvalue weighted by Gasteiger charge is -2.05. The molecule has 3 rings (SSSR count). The highest BCUT2D eigenvalue weighted by Crippen LogP contribution is 2.25. The Kier molecular flexibility index (Phi) is 3.05. The number of nitrogens with one attached hydrogen (secondary N) is 1. The summed E-state index contributed by atoms with van der Waals surface area (Å²) < 4.78 is 3.12. The van der Waals surface area contributed by atoms with Gasteiger partial charge in [-0.25, -0.2) is 9.97 Å². The predicted octanol–water partition coefficient (Wildman–Crippen LogP) is 3.40. The van der Waals surface area contributed by atoms with Gasteiger partial charge in [0.25, 0.3) is 0 Å². The third-order valence-corrected chi connectivity index (χ3v) is 4.68. The van der Waals surface area contributed by atoms with Crippen LogP contribution in [-0.2, 0) is 13.6 Å². The van der Waals surface area contributed by atoms with Crippen molar-refractivity contribution in [2.24, 2.45) is 7.05 Å². The SMILES string of the molecule is Cn1cnc2c(NCc3sccc3Br)nccc21. The summed E-state index contributed by atoms with van der Waals surface area (Å²) in [6.45, 7) is 0.751. The summed E-state index contributed by atoms with van der Waals surface area (Å²) in [5.41, 5.74) is 1.99. The molecule has 3 heterocycles. The highest BCUT2D eigenvalue weighted by molar-refractivity contribution is 9.10. The largest absolute Gasteiger partial charge is 0.363 e. The molecule has 0 spiro atoms. The summed E-state index contributed by atoms with van der Waals surface area (Å²) in [7, 11) is 1.98. The number of aryl methyl sites for hydroxylation is 1. The molecule has 0 saturated heterocycles. The second-order valence-electron chi connectivity index (χ2n) is 3.93. The number of hydrogen-bond acceptors (Lipinski definition) is 4. The fourth-order valence-corrected chi connectivity index (χ4v) is 3.24. The zero-order valence-electron chi connectivity index (χ0n) is 9.72. The Morgan fingerprint density at radius 3 is 3.06 bits per heavy atom. The number of hydrogen-bond donors (Lipinski definition) is 1. The van der Waals surface area contributed by atoms with Gasteiger partial charge < -0.3 is 9.88 Å².